The molecular formula is C26H32F3N5O2. The normalized spacial score (nSPS) is 23.2. The van der Waals surface area contributed by atoms with Crippen LogP contribution in [0.4, 0.5) is 36.1 Å². The summed E-state index contributed by atoms with van der Waals surface area (Å²) in [5.41, 5.74) is 3.56. The van der Waals surface area contributed by atoms with Gasteiger partial charge in [0.1, 0.15) is 11.9 Å². The predicted octanol–water partition coefficient (Wildman–Crippen LogP) is 4.61. The quantitative estimate of drug-likeness (QED) is 0.635. The van der Waals surface area contributed by atoms with Crippen LogP contribution in [0.2, 0.25) is 0 Å². The van der Waals surface area contributed by atoms with Crippen molar-refractivity contribution in [3.05, 3.63) is 42.1 Å². The molecule has 0 spiro atoms. The summed E-state index contributed by atoms with van der Waals surface area (Å²) < 4.78 is 44.4. The molecule has 7 nitrogen and oxygen atoms in total. The van der Waals surface area contributed by atoms with E-state index in [1.807, 2.05) is 29.2 Å². The lowest BCUT2D eigenvalue weighted by Crippen LogP contribution is -2.47. The van der Waals surface area contributed by atoms with Gasteiger partial charge in [0.2, 0.25) is 5.91 Å². The van der Waals surface area contributed by atoms with Gasteiger partial charge in [0.05, 0.1) is 31.1 Å². The molecule has 10 heteroatoms. The highest BCUT2D eigenvalue weighted by Crippen LogP contribution is 2.40. The third-order valence-electron chi connectivity index (χ3n) is 7.44. The molecule has 1 aromatic carbocycles. The van der Waals surface area contributed by atoms with E-state index in [1.165, 1.54) is 0 Å². The number of benzene rings is 1. The van der Waals surface area contributed by atoms with Crippen LogP contribution < -0.4 is 20.4 Å². The number of nitrogens with zero attached hydrogens (tertiary/aromatic N) is 3. The van der Waals surface area contributed by atoms with E-state index in [0.717, 1.165) is 48.5 Å². The number of amides is 1. The minimum absolute atomic E-state index is 0.0104. The number of halogens is 3. The number of anilines is 4. The maximum Gasteiger partial charge on any atom is 0.403 e. The number of carbonyl (C=O) groups excluding carboxylic acids is 1. The van der Waals surface area contributed by atoms with Gasteiger partial charge in [-0.15, -0.1) is 0 Å². The highest BCUT2D eigenvalue weighted by atomic mass is 19.4. The van der Waals surface area contributed by atoms with E-state index >= 15 is 0 Å². The Kier molecular flexibility index (Phi) is 7.07. The number of aromatic nitrogens is 1. The molecule has 1 saturated carbocycles. The highest BCUT2D eigenvalue weighted by Gasteiger charge is 2.39. The molecule has 2 aliphatic heterocycles. The number of pyridine rings is 1. The van der Waals surface area contributed by atoms with Gasteiger partial charge in [0.15, 0.2) is 0 Å². The molecule has 1 atom stereocenters. The maximum absolute atomic E-state index is 13.9. The maximum atomic E-state index is 13.9. The SMILES string of the molecule is C[C@H](N[C@H]1CC[C@H](C(=O)N2Cc3cccnc3Nc3ccc(N4CCOCC4)cc32)CC1)C(F)(F)F. The Morgan fingerprint density at radius 1 is 1.17 bits per heavy atom. The smallest absolute Gasteiger partial charge is 0.378 e. The van der Waals surface area contributed by atoms with Gasteiger partial charge in [0, 0.05) is 42.5 Å². The van der Waals surface area contributed by atoms with Gasteiger partial charge < -0.3 is 25.2 Å². The summed E-state index contributed by atoms with van der Waals surface area (Å²) >= 11 is 0. The molecule has 36 heavy (non-hydrogen) atoms. The Morgan fingerprint density at radius 3 is 2.64 bits per heavy atom. The molecule has 5 rings (SSSR count). The minimum Gasteiger partial charge on any atom is -0.378 e. The fourth-order valence-corrected chi connectivity index (χ4v) is 5.30. The third kappa shape index (κ3) is 5.29. The lowest BCUT2D eigenvalue weighted by atomic mass is 9.84. The molecule has 0 unspecified atom stereocenters. The summed E-state index contributed by atoms with van der Waals surface area (Å²) in [4.78, 5) is 22.5. The largest absolute Gasteiger partial charge is 0.403 e. The van der Waals surface area contributed by atoms with Crippen LogP contribution in [0.3, 0.4) is 0 Å². The van der Waals surface area contributed by atoms with Crippen molar-refractivity contribution in [3.63, 3.8) is 0 Å². The van der Waals surface area contributed by atoms with E-state index in [4.69, 9.17) is 4.74 Å². The van der Waals surface area contributed by atoms with Gasteiger partial charge in [-0.3, -0.25) is 4.79 Å². The second-order valence-electron chi connectivity index (χ2n) is 9.84. The van der Waals surface area contributed by atoms with Gasteiger partial charge in [-0.05, 0) is 56.9 Å². The van der Waals surface area contributed by atoms with E-state index < -0.39 is 12.2 Å². The summed E-state index contributed by atoms with van der Waals surface area (Å²) in [6.45, 7) is 4.44. The molecule has 2 N–H and O–H groups in total. The molecule has 194 valence electrons. The van der Waals surface area contributed by atoms with Gasteiger partial charge >= 0.3 is 6.18 Å². The van der Waals surface area contributed by atoms with E-state index in [1.54, 1.807) is 6.20 Å². The van der Waals surface area contributed by atoms with Crippen LogP contribution >= 0.6 is 0 Å². The second-order valence-corrected chi connectivity index (χ2v) is 9.84. The first-order chi connectivity index (χ1) is 17.3. The number of ether oxygens (including phenoxy) is 1. The summed E-state index contributed by atoms with van der Waals surface area (Å²) in [5, 5.41) is 6.10. The number of rotatable bonds is 4. The zero-order chi connectivity index (χ0) is 25.3. The highest BCUT2D eigenvalue weighted by molar-refractivity contribution is 6.00. The monoisotopic (exact) mass is 503 g/mol. The van der Waals surface area contributed by atoms with Crippen molar-refractivity contribution < 1.29 is 22.7 Å². The Hall–Kier alpha value is -2.85. The molecule has 0 bridgehead atoms. The Balaban J connectivity index is 1.37. The van der Waals surface area contributed by atoms with Crippen LogP contribution in [0.1, 0.15) is 38.2 Å². The molecule has 1 aromatic heterocycles. The van der Waals surface area contributed by atoms with Crippen LogP contribution in [-0.4, -0.2) is 55.5 Å². The first kappa shape index (κ1) is 24.8. The summed E-state index contributed by atoms with van der Waals surface area (Å²) in [6, 6.07) is 8.12. The van der Waals surface area contributed by atoms with E-state index in [2.05, 4.69) is 26.6 Å². The number of fused-ring (bicyclic) bond motifs is 2. The predicted molar refractivity (Wildman–Crippen MR) is 133 cm³/mol. The standard InChI is InChI=1S/C26H32F3N5O2/c1-17(26(27,28)29)31-20-6-4-18(5-7-20)25(35)34-16-19-3-2-10-30-24(19)32-22-9-8-21(15-23(22)34)33-11-13-36-14-12-33/h2-3,8-10,15,17-18,20,31H,4-7,11-14,16H2,1H3,(H,30,32)/t17-,18-,20-/m0/s1. The van der Waals surface area contributed by atoms with Crippen molar-refractivity contribution in [2.24, 2.45) is 5.92 Å². The number of hydrogen-bond acceptors (Lipinski definition) is 6. The van der Waals surface area contributed by atoms with Crippen LogP contribution in [0.15, 0.2) is 36.5 Å². The van der Waals surface area contributed by atoms with Gasteiger partial charge in [-0.25, -0.2) is 4.98 Å². The number of hydrogen-bond donors (Lipinski definition) is 2. The number of morpholine rings is 1. The van der Waals surface area contributed by atoms with Crippen LogP contribution in [-0.2, 0) is 16.1 Å². The average Bonchev–Trinajstić information content (AvgIpc) is 3.05. The van der Waals surface area contributed by atoms with Crippen molar-refractivity contribution in [3.8, 4) is 0 Å². The lowest BCUT2D eigenvalue weighted by Gasteiger charge is -2.34. The van der Waals surface area contributed by atoms with Crippen LogP contribution in [0.25, 0.3) is 0 Å². The van der Waals surface area contributed by atoms with Gasteiger partial charge in [-0.2, -0.15) is 13.2 Å². The van der Waals surface area contributed by atoms with E-state index in [9.17, 15) is 18.0 Å². The molecule has 0 radical (unpaired) electrons. The fraction of sp³-hybridized carbons (Fsp3) is 0.538. The third-order valence-corrected chi connectivity index (χ3v) is 7.44. The zero-order valence-corrected chi connectivity index (χ0v) is 20.4. The zero-order valence-electron chi connectivity index (χ0n) is 20.4. The second kappa shape index (κ2) is 10.3. The fourth-order valence-electron chi connectivity index (χ4n) is 5.30. The van der Waals surface area contributed by atoms with Crippen LogP contribution in [0.5, 0.6) is 0 Å². The summed E-state index contributed by atoms with van der Waals surface area (Å²) in [5.74, 6) is 0.501. The van der Waals surface area contributed by atoms with Crippen molar-refractivity contribution >= 4 is 28.8 Å². The molecule has 1 saturated heterocycles. The molecule has 3 aliphatic rings. The molecular weight excluding hydrogens is 471 g/mol. The molecule has 1 aliphatic carbocycles. The number of alkyl halides is 3. The molecule has 2 aromatic rings. The number of carbonyl (C=O) groups is 1. The van der Waals surface area contributed by atoms with Crippen molar-refractivity contribution in [1.29, 1.82) is 0 Å². The minimum atomic E-state index is -4.27. The number of nitrogens with one attached hydrogen (secondary N) is 2. The first-order valence-electron chi connectivity index (χ1n) is 12.6. The van der Waals surface area contributed by atoms with Gasteiger partial charge in [-0.1, -0.05) is 6.07 Å². The van der Waals surface area contributed by atoms with Crippen molar-refractivity contribution in [2.45, 2.75) is 57.4 Å². The Bertz CT molecular complexity index is 1080. The first-order valence-corrected chi connectivity index (χ1v) is 12.6. The lowest BCUT2D eigenvalue weighted by molar-refractivity contribution is -0.154. The van der Waals surface area contributed by atoms with E-state index in [0.29, 0.717) is 45.4 Å². The summed E-state index contributed by atoms with van der Waals surface area (Å²) in [7, 11) is 0. The van der Waals surface area contributed by atoms with Crippen molar-refractivity contribution in [1.82, 2.24) is 10.3 Å². The van der Waals surface area contributed by atoms with Gasteiger partial charge in [0.25, 0.3) is 0 Å². The van der Waals surface area contributed by atoms with E-state index in [-0.39, 0.29) is 17.9 Å². The molecule has 1 amide bonds. The van der Waals surface area contributed by atoms with Crippen LogP contribution in [0, 0.1) is 5.92 Å². The van der Waals surface area contributed by atoms with Crippen molar-refractivity contribution in [2.75, 3.05) is 41.4 Å². The Labute approximate surface area is 209 Å². The molecule has 3 heterocycles. The summed E-state index contributed by atoms with van der Waals surface area (Å²) in [6.07, 6.45) is -0.341. The Morgan fingerprint density at radius 2 is 1.92 bits per heavy atom. The molecule has 2 fully saturated rings. The average molecular weight is 504 g/mol. The topological polar surface area (TPSA) is 69.7 Å².